The van der Waals surface area contributed by atoms with Crippen LogP contribution in [0.2, 0.25) is 5.02 Å². The van der Waals surface area contributed by atoms with E-state index in [4.69, 9.17) is 16.3 Å². The van der Waals surface area contributed by atoms with Crippen molar-refractivity contribution in [3.05, 3.63) is 53.6 Å². The van der Waals surface area contributed by atoms with Crippen molar-refractivity contribution in [3.63, 3.8) is 0 Å². The van der Waals surface area contributed by atoms with Crippen molar-refractivity contribution < 1.29 is 17.9 Å². The molecule has 2 aromatic rings. The van der Waals surface area contributed by atoms with E-state index < -0.39 is 15.9 Å². The van der Waals surface area contributed by atoms with Crippen LogP contribution >= 0.6 is 11.6 Å². The summed E-state index contributed by atoms with van der Waals surface area (Å²) in [6.07, 6.45) is 0. The molecule has 152 valence electrons. The van der Waals surface area contributed by atoms with Crippen molar-refractivity contribution in [2.75, 3.05) is 24.7 Å². The lowest BCUT2D eigenvalue weighted by Gasteiger charge is -2.27. The average Bonchev–Trinajstić information content (AvgIpc) is 2.68. The van der Waals surface area contributed by atoms with Crippen molar-refractivity contribution >= 4 is 27.3 Å². The van der Waals surface area contributed by atoms with Gasteiger partial charge in [0.2, 0.25) is 0 Å². The molecular formula is C21H26ClNO4S. The molecule has 0 heterocycles. The molecule has 0 aliphatic rings. The number of hydrogen-bond donors (Lipinski definition) is 0. The Labute approximate surface area is 172 Å². The number of carbonyl (C=O) groups is 1. The SMILES string of the molecule is CCN(C(=O)COc1ccc(-c2ccccc2)cc1Cl)C(C)CS(=O)(=O)CC. The fourth-order valence-corrected chi connectivity index (χ4v) is 4.35. The molecule has 0 saturated carbocycles. The minimum absolute atomic E-state index is 0.0585. The van der Waals surface area contributed by atoms with Gasteiger partial charge in [-0.15, -0.1) is 0 Å². The van der Waals surface area contributed by atoms with E-state index in [0.29, 0.717) is 17.3 Å². The van der Waals surface area contributed by atoms with E-state index in [-0.39, 0.29) is 24.0 Å². The molecule has 0 radical (unpaired) electrons. The van der Waals surface area contributed by atoms with Crippen LogP contribution in [0.3, 0.4) is 0 Å². The second-order valence-electron chi connectivity index (χ2n) is 6.53. The minimum Gasteiger partial charge on any atom is -0.482 e. The molecule has 0 fully saturated rings. The van der Waals surface area contributed by atoms with Gasteiger partial charge < -0.3 is 9.64 Å². The Morgan fingerprint density at radius 3 is 2.36 bits per heavy atom. The molecule has 1 amide bonds. The van der Waals surface area contributed by atoms with Crippen molar-refractivity contribution in [2.24, 2.45) is 0 Å². The first-order valence-corrected chi connectivity index (χ1v) is 11.4. The van der Waals surface area contributed by atoms with Gasteiger partial charge in [-0.25, -0.2) is 8.42 Å². The molecule has 1 unspecified atom stereocenters. The molecule has 0 saturated heterocycles. The van der Waals surface area contributed by atoms with Gasteiger partial charge in [0, 0.05) is 18.3 Å². The maximum atomic E-state index is 12.5. The highest BCUT2D eigenvalue weighted by molar-refractivity contribution is 7.91. The Kier molecular flexibility index (Phi) is 7.89. The van der Waals surface area contributed by atoms with Gasteiger partial charge in [0.05, 0.1) is 10.8 Å². The van der Waals surface area contributed by atoms with Crippen LogP contribution in [0.5, 0.6) is 5.75 Å². The van der Waals surface area contributed by atoms with Crippen LogP contribution in [0.25, 0.3) is 11.1 Å². The predicted octanol–water partition coefficient (Wildman–Crippen LogP) is 4.06. The standard InChI is InChI=1S/C21H26ClNO4S/c1-4-23(16(3)15-28(25,26)5-2)21(24)14-27-20-12-11-18(13-19(20)22)17-9-7-6-8-10-17/h6-13,16H,4-5,14-15H2,1-3H3. The Balaban J connectivity index is 2.03. The van der Waals surface area contributed by atoms with Gasteiger partial charge in [0.25, 0.3) is 5.91 Å². The number of hydrogen-bond acceptors (Lipinski definition) is 4. The van der Waals surface area contributed by atoms with Gasteiger partial charge in [0.15, 0.2) is 16.4 Å². The van der Waals surface area contributed by atoms with E-state index in [1.807, 2.05) is 43.3 Å². The van der Waals surface area contributed by atoms with E-state index in [1.54, 1.807) is 26.0 Å². The van der Waals surface area contributed by atoms with Crippen LogP contribution < -0.4 is 4.74 Å². The van der Waals surface area contributed by atoms with Crippen LogP contribution in [0.15, 0.2) is 48.5 Å². The molecule has 0 spiro atoms. The highest BCUT2D eigenvalue weighted by Crippen LogP contribution is 2.30. The molecule has 2 rings (SSSR count). The summed E-state index contributed by atoms with van der Waals surface area (Å²) in [6.45, 7) is 5.35. The summed E-state index contributed by atoms with van der Waals surface area (Å²) in [5.74, 6) is 0.141. The molecule has 1 atom stereocenters. The summed E-state index contributed by atoms with van der Waals surface area (Å²) >= 11 is 6.32. The maximum Gasteiger partial charge on any atom is 0.260 e. The summed E-state index contributed by atoms with van der Waals surface area (Å²) in [4.78, 5) is 14.0. The van der Waals surface area contributed by atoms with Gasteiger partial charge in [0.1, 0.15) is 5.75 Å². The maximum absolute atomic E-state index is 12.5. The largest absolute Gasteiger partial charge is 0.482 e. The van der Waals surface area contributed by atoms with Crippen LogP contribution in [-0.4, -0.2) is 49.9 Å². The van der Waals surface area contributed by atoms with E-state index in [0.717, 1.165) is 11.1 Å². The van der Waals surface area contributed by atoms with Crippen LogP contribution in [0.1, 0.15) is 20.8 Å². The summed E-state index contributed by atoms with van der Waals surface area (Å²) in [5, 5.41) is 0.416. The lowest BCUT2D eigenvalue weighted by molar-refractivity contribution is -0.134. The fraction of sp³-hybridized carbons (Fsp3) is 0.381. The number of ether oxygens (including phenoxy) is 1. The summed E-state index contributed by atoms with van der Waals surface area (Å²) in [6, 6.07) is 14.8. The summed E-state index contributed by atoms with van der Waals surface area (Å²) in [7, 11) is -3.17. The average molecular weight is 424 g/mol. The van der Waals surface area contributed by atoms with Crippen molar-refractivity contribution in [2.45, 2.75) is 26.8 Å². The first kappa shape index (κ1) is 22.2. The number of benzene rings is 2. The van der Waals surface area contributed by atoms with Crippen LogP contribution in [-0.2, 0) is 14.6 Å². The number of sulfone groups is 1. The zero-order chi connectivity index (χ0) is 20.7. The Morgan fingerprint density at radius 2 is 1.79 bits per heavy atom. The number of halogens is 1. The molecule has 0 aromatic heterocycles. The monoisotopic (exact) mass is 423 g/mol. The Morgan fingerprint density at radius 1 is 1.11 bits per heavy atom. The number of nitrogens with zero attached hydrogens (tertiary/aromatic N) is 1. The molecule has 28 heavy (non-hydrogen) atoms. The third kappa shape index (κ3) is 5.97. The number of amides is 1. The number of rotatable bonds is 9. The van der Waals surface area contributed by atoms with Crippen molar-refractivity contribution in [3.8, 4) is 16.9 Å². The first-order chi connectivity index (χ1) is 13.3. The van der Waals surface area contributed by atoms with E-state index in [9.17, 15) is 13.2 Å². The Bertz CT molecular complexity index is 900. The lowest BCUT2D eigenvalue weighted by atomic mass is 10.1. The van der Waals surface area contributed by atoms with E-state index in [1.165, 1.54) is 4.90 Å². The molecule has 0 N–H and O–H groups in total. The first-order valence-electron chi connectivity index (χ1n) is 9.25. The second kappa shape index (κ2) is 9.94. The molecule has 5 nitrogen and oxygen atoms in total. The van der Waals surface area contributed by atoms with E-state index >= 15 is 0 Å². The quantitative estimate of drug-likeness (QED) is 0.610. The third-order valence-corrected chi connectivity index (χ3v) is 6.68. The fourth-order valence-electron chi connectivity index (χ4n) is 2.96. The van der Waals surface area contributed by atoms with Gasteiger partial charge >= 0.3 is 0 Å². The van der Waals surface area contributed by atoms with Crippen LogP contribution in [0, 0.1) is 0 Å². The van der Waals surface area contributed by atoms with Gasteiger partial charge in [-0.2, -0.15) is 0 Å². The van der Waals surface area contributed by atoms with Gasteiger partial charge in [-0.05, 0) is 37.1 Å². The number of likely N-dealkylation sites (N-methyl/N-ethyl adjacent to an activating group) is 1. The van der Waals surface area contributed by atoms with Gasteiger partial charge in [-0.1, -0.05) is 54.9 Å². The summed E-state index contributed by atoms with van der Waals surface area (Å²) in [5.41, 5.74) is 1.99. The highest BCUT2D eigenvalue weighted by Gasteiger charge is 2.23. The van der Waals surface area contributed by atoms with Crippen molar-refractivity contribution in [1.29, 1.82) is 0 Å². The minimum atomic E-state index is -3.17. The molecular weight excluding hydrogens is 398 g/mol. The normalized spacial score (nSPS) is 12.4. The molecule has 7 heteroatoms. The molecule has 2 aromatic carbocycles. The topological polar surface area (TPSA) is 63.7 Å². The van der Waals surface area contributed by atoms with Gasteiger partial charge in [-0.3, -0.25) is 4.79 Å². The zero-order valence-electron chi connectivity index (χ0n) is 16.4. The molecule has 0 aliphatic carbocycles. The smallest absolute Gasteiger partial charge is 0.260 e. The van der Waals surface area contributed by atoms with E-state index in [2.05, 4.69) is 0 Å². The van der Waals surface area contributed by atoms with Crippen molar-refractivity contribution in [1.82, 2.24) is 4.90 Å². The van der Waals surface area contributed by atoms with Crippen LogP contribution in [0.4, 0.5) is 0 Å². The zero-order valence-corrected chi connectivity index (χ0v) is 18.0. The summed E-state index contributed by atoms with van der Waals surface area (Å²) < 4.78 is 29.3. The third-order valence-electron chi connectivity index (χ3n) is 4.52. The Hall–Kier alpha value is -2.05. The highest BCUT2D eigenvalue weighted by atomic mass is 35.5. The second-order valence-corrected chi connectivity index (χ2v) is 9.33. The molecule has 0 bridgehead atoms. The molecule has 0 aliphatic heterocycles. The number of carbonyl (C=O) groups excluding carboxylic acids is 1. The predicted molar refractivity (Wildman–Crippen MR) is 114 cm³/mol. The lowest BCUT2D eigenvalue weighted by Crippen LogP contribution is -2.44.